The standard InChI is InChI=1S/C24H24ClFN2O5S/c1-32-23-12-7-19(25)15-22(23)28(34(2,30)31)16-17-3-5-18(6-4-17)24(29)27-13-14-33-21-10-8-20(26)9-11-21/h3-12,15H,13-14,16H2,1-2H3,(H,27,29). The fourth-order valence-electron chi connectivity index (χ4n) is 3.13. The summed E-state index contributed by atoms with van der Waals surface area (Å²) < 4.78 is 49.8. The molecular formula is C24H24ClFN2O5S. The van der Waals surface area contributed by atoms with Gasteiger partial charge < -0.3 is 14.8 Å². The van der Waals surface area contributed by atoms with Gasteiger partial charge in [-0.3, -0.25) is 9.10 Å². The SMILES string of the molecule is COc1ccc(Cl)cc1N(Cc1ccc(C(=O)NCCOc2ccc(F)cc2)cc1)S(C)(=O)=O. The van der Waals surface area contributed by atoms with Crippen molar-refractivity contribution in [1.29, 1.82) is 0 Å². The number of ether oxygens (including phenoxy) is 2. The van der Waals surface area contributed by atoms with Gasteiger partial charge in [-0.1, -0.05) is 23.7 Å². The van der Waals surface area contributed by atoms with Crippen molar-refractivity contribution in [3.05, 3.63) is 88.7 Å². The van der Waals surface area contributed by atoms with Crippen LogP contribution in [-0.4, -0.2) is 40.8 Å². The number of rotatable bonds is 10. The maximum atomic E-state index is 12.9. The van der Waals surface area contributed by atoms with Crippen molar-refractivity contribution in [2.45, 2.75) is 6.54 Å². The second kappa shape index (κ2) is 11.2. The summed E-state index contributed by atoms with van der Waals surface area (Å²) in [6.07, 6.45) is 1.10. The smallest absolute Gasteiger partial charge is 0.251 e. The molecule has 1 N–H and O–H groups in total. The summed E-state index contributed by atoms with van der Waals surface area (Å²) in [6.45, 7) is 0.511. The first kappa shape index (κ1) is 25.3. The summed E-state index contributed by atoms with van der Waals surface area (Å²) in [5, 5.41) is 3.11. The minimum atomic E-state index is -3.65. The van der Waals surface area contributed by atoms with Crippen molar-refractivity contribution in [2.75, 3.05) is 30.8 Å². The molecular weight excluding hydrogens is 483 g/mol. The molecule has 3 rings (SSSR count). The molecule has 3 aromatic carbocycles. The van der Waals surface area contributed by atoms with Crippen molar-refractivity contribution in [3.8, 4) is 11.5 Å². The number of methoxy groups -OCH3 is 1. The van der Waals surface area contributed by atoms with E-state index in [4.69, 9.17) is 21.1 Å². The Bertz CT molecular complexity index is 1240. The van der Waals surface area contributed by atoms with Gasteiger partial charge in [-0.05, 0) is 60.2 Å². The first-order chi connectivity index (χ1) is 16.2. The average molecular weight is 507 g/mol. The third-order valence-electron chi connectivity index (χ3n) is 4.82. The van der Waals surface area contributed by atoms with E-state index in [0.717, 1.165) is 6.26 Å². The molecule has 0 saturated carbocycles. The van der Waals surface area contributed by atoms with Crippen LogP contribution in [0.3, 0.4) is 0 Å². The molecule has 0 unspecified atom stereocenters. The number of carbonyl (C=O) groups excluding carboxylic acids is 1. The Morgan fingerprint density at radius 2 is 1.74 bits per heavy atom. The van der Waals surface area contributed by atoms with Crippen LogP contribution in [0.15, 0.2) is 66.7 Å². The molecule has 34 heavy (non-hydrogen) atoms. The first-order valence-electron chi connectivity index (χ1n) is 10.2. The summed E-state index contributed by atoms with van der Waals surface area (Å²) in [5.41, 5.74) is 1.40. The molecule has 0 aromatic heterocycles. The average Bonchev–Trinajstić information content (AvgIpc) is 2.81. The lowest BCUT2D eigenvalue weighted by Gasteiger charge is -2.24. The van der Waals surface area contributed by atoms with Crippen LogP contribution in [0, 0.1) is 5.82 Å². The number of nitrogens with zero attached hydrogens (tertiary/aromatic N) is 1. The Morgan fingerprint density at radius 3 is 2.35 bits per heavy atom. The zero-order valence-electron chi connectivity index (χ0n) is 18.6. The zero-order valence-corrected chi connectivity index (χ0v) is 20.2. The minimum Gasteiger partial charge on any atom is -0.495 e. The highest BCUT2D eigenvalue weighted by atomic mass is 35.5. The van der Waals surface area contributed by atoms with Gasteiger partial charge in [-0.2, -0.15) is 0 Å². The molecule has 10 heteroatoms. The topological polar surface area (TPSA) is 84.9 Å². The van der Waals surface area contributed by atoms with E-state index < -0.39 is 10.0 Å². The number of nitrogens with one attached hydrogen (secondary N) is 1. The Kier molecular flexibility index (Phi) is 8.36. The highest BCUT2D eigenvalue weighted by molar-refractivity contribution is 7.92. The van der Waals surface area contributed by atoms with Gasteiger partial charge in [-0.15, -0.1) is 0 Å². The zero-order chi connectivity index (χ0) is 24.7. The maximum absolute atomic E-state index is 12.9. The molecule has 0 aliphatic heterocycles. The number of amides is 1. The summed E-state index contributed by atoms with van der Waals surface area (Å²) in [7, 11) is -2.20. The van der Waals surface area contributed by atoms with E-state index in [2.05, 4.69) is 5.32 Å². The van der Waals surface area contributed by atoms with Gasteiger partial charge in [0.25, 0.3) is 5.91 Å². The van der Waals surface area contributed by atoms with Crippen molar-refractivity contribution in [2.24, 2.45) is 0 Å². The van der Waals surface area contributed by atoms with E-state index >= 15 is 0 Å². The van der Waals surface area contributed by atoms with Gasteiger partial charge in [-0.25, -0.2) is 12.8 Å². The van der Waals surface area contributed by atoms with Crippen LogP contribution in [0.5, 0.6) is 11.5 Å². The van der Waals surface area contributed by atoms with E-state index in [-0.39, 0.29) is 31.4 Å². The maximum Gasteiger partial charge on any atom is 0.251 e. The number of halogens is 2. The van der Waals surface area contributed by atoms with Crippen LogP contribution < -0.4 is 19.1 Å². The molecule has 0 heterocycles. The van der Waals surface area contributed by atoms with Crippen LogP contribution in [0.1, 0.15) is 15.9 Å². The monoisotopic (exact) mass is 506 g/mol. The van der Waals surface area contributed by atoms with Crippen LogP contribution in [-0.2, 0) is 16.6 Å². The van der Waals surface area contributed by atoms with Crippen molar-refractivity contribution >= 4 is 33.2 Å². The molecule has 0 atom stereocenters. The molecule has 0 radical (unpaired) electrons. The highest BCUT2D eigenvalue weighted by Gasteiger charge is 2.22. The predicted octanol–water partition coefficient (Wildman–Crippen LogP) is 4.26. The summed E-state index contributed by atoms with van der Waals surface area (Å²) in [5.74, 6) is 0.224. The molecule has 1 amide bonds. The van der Waals surface area contributed by atoms with Gasteiger partial charge >= 0.3 is 0 Å². The molecule has 3 aromatic rings. The fraction of sp³-hybridized carbons (Fsp3) is 0.208. The van der Waals surface area contributed by atoms with Gasteiger partial charge in [0, 0.05) is 10.6 Å². The lowest BCUT2D eigenvalue weighted by molar-refractivity contribution is 0.0947. The summed E-state index contributed by atoms with van der Waals surface area (Å²) in [6, 6.07) is 16.9. The van der Waals surface area contributed by atoms with Crippen molar-refractivity contribution < 1.29 is 27.1 Å². The second-order valence-electron chi connectivity index (χ2n) is 7.34. The molecule has 0 aliphatic carbocycles. The molecule has 0 saturated heterocycles. The molecule has 0 aliphatic rings. The van der Waals surface area contributed by atoms with Gasteiger partial charge in [0.1, 0.15) is 23.9 Å². The third kappa shape index (κ3) is 6.85. The lowest BCUT2D eigenvalue weighted by atomic mass is 10.1. The third-order valence-corrected chi connectivity index (χ3v) is 6.18. The predicted molar refractivity (Wildman–Crippen MR) is 130 cm³/mol. The Balaban J connectivity index is 1.62. The Hall–Kier alpha value is -3.30. The fourth-order valence-corrected chi connectivity index (χ4v) is 4.18. The Labute approximate surface area is 203 Å². The molecule has 0 fully saturated rings. The van der Waals surface area contributed by atoms with Crippen molar-refractivity contribution in [1.82, 2.24) is 5.32 Å². The van der Waals surface area contributed by atoms with Crippen LogP contribution in [0.4, 0.5) is 10.1 Å². The van der Waals surface area contributed by atoms with E-state index in [0.29, 0.717) is 33.3 Å². The van der Waals surface area contributed by atoms with E-state index in [1.807, 2.05) is 0 Å². The van der Waals surface area contributed by atoms with E-state index in [9.17, 15) is 17.6 Å². The van der Waals surface area contributed by atoms with Gasteiger partial charge in [0.15, 0.2) is 0 Å². The first-order valence-corrected chi connectivity index (χ1v) is 12.5. The number of carbonyl (C=O) groups is 1. The second-order valence-corrected chi connectivity index (χ2v) is 9.68. The van der Waals surface area contributed by atoms with Gasteiger partial charge in [0.05, 0.1) is 32.1 Å². The number of hydrogen-bond acceptors (Lipinski definition) is 5. The number of hydrogen-bond donors (Lipinski definition) is 1. The molecule has 180 valence electrons. The molecule has 0 bridgehead atoms. The summed E-state index contributed by atoms with van der Waals surface area (Å²) >= 11 is 6.07. The highest BCUT2D eigenvalue weighted by Crippen LogP contribution is 2.33. The van der Waals surface area contributed by atoms with Crippen molar-refractivity contribution in [3.63, 3.8) is 0 Å². The quantitative estimate of drug-likeness (QED) is 0.415. The van der Waals surface area contributed by atoms with E-state index in [1.165, 1.54) is 41.7 Å². The van der Waals surface area contributed by atoms with E-state index in [1.54, 1.807) is 36.4 Å². The number of benzene rings is 3. The molecule has 0 spiro atoms. The van der Waals surface area contributed by atoms with Gasteiger partial charge in [0.2, 0.25) is 10.0 Å². The van der Waals surface area contributed by atoms with Crippen LogP contribution in [0.2, 0.25) is 5.02 Å². The molecule has 7 nitrogen and oxygen atoms in total. The van der Waals surface area contributed by atoms with Crippen LogP contribution in [0.25, 0.3) is 0 Å². The number of anilines is 1. The Morgan fingerprint density at radius 1 is 1.06 bits per heavy atom. The number of sulfonamides is 1. The largest absolute Gasteiger partial charge is 0.495 e. The normalized spacial score (nSPS) is 11.1. The minimum absolute atomic E-state index is 0.0307. The summed E-state index contributed by atoms with van der Waals surface area (Å²) in [4.78, 5) is 12.4. The lowest BCUT2D eigenvalue weighted by Crippen LogP contribution is -2.30. The van der Waals surface area contributed by atoms with Crippen LogP contribution >= 0.6 is 11.6 Å².